The summed E-state index contributed by atoms with van der Waals surface area (Å²) in [6.45, 7) is 17.4. The Hall–Kier alpha value is -6.32. The van der Waals surface area contributed by atoms with Crippen LogP contribution in [-0.2, 0) is 21.7 Å². The predicted octanol–water partition coefficient (Wildman–Crippen LogP) is 13.9. The van der Waals surface area contributed by atoms with Crippen molar-refractivity contribution in [3.8, 4) is 33.4 Å². The zero-order valence-electron chi connectivity index (χ0n) is 36.7. The molecule has 2 nitrogen and oxygen atoms in total. The van der Waals surface area contributed by atoms with Crippen molar-refractivity contribution in [1.29, 1.82) is 0 Å². The van der Waals surface area contributed by atoms with Gasteiger partial charge in [0.2, 0.25) is 0 Å². The van der Waals surface area contributed by atoms with Crippen LogP contribution in [0.1, 0.15) is 100 Å². The molecular formula is C59H49BN2. The van der Waals surface area contributed by atoms with Crippen LogP contribution in [0.25, 0.3) is 44.2 Å². The fraction of sp³-hybridized carbons (Fsp3) is 0.220. The van der Waals surface area contributed by atoms with Gasteiger partial charge < -0.3 is 9.71 Å². The van der Waals surface area contributed by atoms with Gasteiger partial charge in [-0.25, -0.2) is 0 Å². The third kappa shape index (κ3) is 3.97. The van der Waals surface area contributed by atoms with Gasteiger partial charge >= 0.3 is 6.85 Å². The maximum atomic E-state index is 2.82. The summed E-state index contributed by atoms with van der Waals surface area (Å²) in [6.07, 6.45) is 2.39. The molecule has 0 bridgehead atoms. The lowest BCUT2D eigenvalue weighted by Gasteiger charge is -2.54. The van der Waals surface area contributed by atoms with Gasteiger partial charge in [-0.3, -0.25) is 0 Å². The molecule has 1 atom stereocenters. The molecule has 298 valence electrons. The standard InChI is InChI=1S/C59H49BN2/c1-56(2)29-30-57(3,4)44-33-48-45(32-43(44)56)58(5,6)42-24-16-25-46-55(42)61(48)49-31-35-19-11-12-20-36(35)50-40-28-27-37(34-17-9-8-10-18-34)52-54(40)62(60(46)53(49)50)47-26-15-22-39-38-21-13-14-23-41(38)59(52,7)51(39)47/h8-28,31-33H,29-30H2,1-7H3. The Morgan fingerprint density at radius 1 is 0.468 bits per heavy atom. The summed E-state index contributed by atoms with van der Waals surface area (Å²) in [6, 6.07) is 56.8. The van der Waals surface area contributed by atoms with Crippen LogP contribution in [-0.4, -0.2) is 6.85 Å². The number of fused-ring (bicyclic) bond motifs is 14. The van der Waals surface area contributed by atoms with E-state index in [0.717, 1.165) is 0 Å². The predicted molar refractivity (Wildman–Crippen MR) is 262 cm³/mol. The SMILES string of the molecule is CC1(C)CCC(C)(C)c2cc3c(cc21)N1c2cc4ccccc4c4c2B(c2cccc(c21)C3(C)C)N1c2cccc3c2C(C)(c2ccccc2-3)c2c(-c3ccccc3)ccc-4c21. The van der Waals surface area contributed by atoms with Crippen molar-refractivity contribution in [3.63, 3.8) is 0 Å². The van der Waals surface area contributed by atoms with Gasteiger partial charge in [0.25, 0.3) is 0 Å². The summed E-state index contributed by atoms with van der Waals surface area (Å²) >= 11 is 0. The molecule has 0 saturated carbocycles. The highest BCUT2D eigenvalue weighted by atomic mass is 15.2. The molecular weight excluding hydrogens is 747 g/mol. The van der Waals surface area contributed by atoms with Crippen LogP contribution in [0.4, 0.5) is 28.4 Å². The van der Waals surface area contributed by atoms with E-state index < -0.39 is 0 Å². The Morgan fingerprint density at radius 2 is 1.15 bits per heavy atom. The van der Waals surface area contributed by atoms with E-state index in [1.165, 1.54) is 135 Å². The lowest BCUT2D eigenvalue weighted by molar-refractivity contribution is 0.331. The molecule has 0 saturated heterocycles. The molecule has 62 heavy (non-hydrogen) atoms. The molecule has 4 heterocycles. The van der Waals surface area contributed by atoms with Crippen LogP contribution in [0.15, 0.2) is 146 Å². The lowest BCUT2D eigenvalue weighted by Crippen LogP contribution is -2.64. The van der Waals surface area contributed by atoms with Crippen molar-refractivity contribution < 1.29 is 0 Å². The van der Waals surface area contributed by atoms with Crippen molar-refractivity contribution in [2.24, 2.45) is 0 Å². The van der Waals surface area contributed by atoms with Crippen molar-refractivity contribution in [1.82, 2.24) is 0 Å². The van der Waals surface area contributed by atoms with Crippen LogP contribution in [0.2, 0.25) is 0 Å². The van der Waals surface area contributed by atoms with Crippen molar-refractivity contribution in [2.75, 3.05) is 9.71 Å². The Bertz CT molecular complexity index is 3370. The van der Waals surface area contributed by atoms with E-state index in [0.29, 0.717) is 0 Å². The van der Waals surface area contributed by atoms with Crippen LogP contribution >= 0.6 is 0 Å². The van der Waals surface area contributed by atoms with E-state index in [4.69, 9.17) is 0 Å². The normalized spacial score (nSPS) is 20.1. The van der Waals surface area contributed by atoms with Crippen LogP contribution < -0.4 is 20.6 Å². The average Bonchev–Trinajstić information content (AvgIpc) is 3.55. The minimum absolute atomic E-state index is 0.0433. The van der Waals surface area contributed by atoms with Gasteiger partial charge in [0.1, 0.15) is 0 Å². The van der Waals surface area contributed by atoms with Gasteiger partial charge in [-0.15, -0.1) is 0 Å². The van der Waals surface area contributed by atoms with Gasteiger partial charge in [-0.1, -0.05) is 169 Å². The van der Waals surface area contributed by atoms with Crippen molar-refractivity contribution in [3.05, 3.63) is 185 Å². The molecule has 0 aromatic heterocycles. The zero-order valence-corrected chi connectivity index (χ0v) is 36.7. The summed E-state index contributed by atoms with van der Waals surface area (Å²) in [7, 11) is 0. The fourth-order valence-electron chi connectivity index (χ4n) is 13.7. The number of hydrogen-bond donors (Lipinski definition) is 0. The molecule has 3 heteroatoms. The highest BCUT2D eigenvalue weighted by molar-refractivity contribution is 6.94. The minimum atomic E-state index is -0.363. The number of anilines is 5. The second-order valence-corrected chi connectivity index (χ2v) is 21.2. The minimum Gasteiger partial charge on any atom is -0.376 e. The Morgan fingerprint density at radius 3 is 1.97 bits per heavy atom. The molecule has 0 fully saturated rings. The molecule has 4 aliphatic heterocycles. The first kappa shape index (κ1) is 35.3. The average molecular weight is 797 g/mol. The molecule has 8 aromatic carbocycles. The highest BCUT2D eigenvalue weighted by Gasteiger charge is 2.57. The zero-order chi connectivity index (χ0) is 41.8. The second kappa shape index (κ2) is 11.2. The van der Waals surface area contributed by atoms with Crippen molar-refractivity contribution >= 4 is 57.0 Å². The third-order valence-electron chi connectivity index (χ3n) is 16.8. The first-order valence-corrected chi connectivity index (χ1v) is 22.9. The number of rotatable bonds is 1. The van der Waals surface area contributed by atoms with Gasteiger partial charge in [0, 0.05) is 39.1 Å². The first-order valence-electron chi connectivity index (χ1n) is 22.9. The van der Waals surface area contributed by atoms with E-state index >= 15 is 0 Å². The molecule has 8 aromatic rings. The van der Waals surface area contributed by atoms with Gasteiger partial charge in [0.05, 0.1) is 5.69 Å². The summed E-state index contributed by atoms with van der Waals surface area (Å²) in [5.74, 6) is 0. The molecule has 14 rings (SSSR count). The summed E-state index contributed by atoms with van der Waals surface area (Å²) in [5, 5.41) is 2.62. The number of nitrogens with zero attached hydrogens (tertiary/aromatic N) is 2. The van der Waals surface area contributed by atoms with Crippen molar-refractivity contribution in [2.45, 2.75) is 83.0 Å². The molecule has 0 amide bonds. The van der Waals surface area contributed by atoms with Gasteiger partial charge in [-0.05, 0) is 137 Å². The fourth-order valence-corrected chi connectivity index (χ4v) is 13.7. The van der Waals surface area contributed by atoms with Crippen LogP contribution in [0, 0.1) is 0 Å². The topological polar surface area (TPSA) is 6.48 Å². The third-order valence-corrected chi connectivity index (χ3v) is 16.8. The molecule has 6 aliphatic rings. The van der Waals surface area contributed by atoms with Crippen LogP contribution in [0.5, 0.6) is 0 Å². The number of benzene rings is 8. The largest absolute Gasteiger partial charge is 0.376 e. The van der Waals surface area contributed by atoms with E-state index in [1.807, 2.05) is 0 Å². The lowest BCUT2D eigenvalue weighted by atomic mass is 9.41. The Labute approximate surface area is 366 Å². The second-order valence-electron chi connectivity index (χ2n) is 21.2. The Balaban J connectivity index is 1.17. The first-order chi connectivity index (χ1) is 29.9. The molecule has 0 radical (unpaired) electrons. The van der Waals surface area contributed by atoms with E-state index in [2.05, 4.69) is 204 Å². The smallest absolute Gasteiger partial charge is 0.333 e. The van der Waals surface area contributed by atoms with E-state index in [-0.39, 0.29) is 28.5 Å². The molecule has 1 unspecified atom stereocenters. The van der Waals surface area contributed by atoms with Gasteiger partial charge in [-0.2, -0.15) is 0 Å². The maximum absolute atomic E-state index is 2.82. The summed E-state index contributed by atoms with van der Waals surface area (Å²) < 4.78 is 0. The maximum Gasteiger partial charge on any atom is 0.333 e. The highest BCUT2D eigenvalue weighted by Crippen LogP contribution is 2.66. The van der Waals surface area contributed by atoms with Gasteiger partial charge in [0.15, 0.2) is 0 Å². The van der Waals surface area contributed by atoms with E-state index in [1.54, 1.807) is 0 Å². The summed E-state index contributed by atoms with van der Waals surface area (Å²) in [4.78, 5) is 5.55. The van der Waals surface area contributed by atoms with E-state index in [9.17, 15) is 0 Å². The quantitative estimate of drug-likeness (QED) is 0.153. The Kier molecular flexibility index (Phi) is 6.37. The monoisotopic (exact) mass is 796 g/mol. The van der Waals surface area contributed by atoms with Crippen LogP contribution in [0.3, 0.4) is 0 Å². The molecule has 2 aliphatic carbocycles. The summed E-state index contributed by atoms with van der Waals surface area (Å²) in [5.41, 5.74) is 27.3. The molecule has 0 spiro atoms. The number of hydrogen-bond acceptors (Lipinski definition) is 2. The molecule has 0 N–H and O–H groups in total. The number of para-hydroxylation sites is 1.